The summed E-state index contributed by atoms with van der Waals surface area (Å²) in [6.07, 6.45) is -2.87. The lowest BCUT2D eigenvalue weighted by molar-refractivity contribution is -0.136. The van der Waals surface area contributed by atoms with Crippen molar-refractivity contribution in [2.45, 2.75) is 6.18 Å². The van der Waals surface area contributed by atoms with Crippen molar-refractivity contribution in [2.75, 3.05) is 0 Å². The topological polar surface area (TPSA) is 12.9 Å². The number of nitrogens with zero attached hydrogens (tertiary/aromatic N) is 1. The van der Waals surface area contributed by atoms with E-state index in [9.17, 15) is 13.2 Å². The van der Waals surface area contributed by atoms with Gasteiger partial charge in [-0.1, -0.05) is 12.1 Å². The van der Waals surface area contributed by atoms with Gasteiger partial charge in [-0.15, -0.1) is 11.3 Å². The van der Waals surface area contributed by atoms with Crippen molar-refractivity contribution in [3.05, 3.63) is 41.4 Å². The molecule has 0 radical (unpaired) electrons. The van der Waals surface area contributed by atoms with Crippen molar-refractivity contribution in [3.8, 4) is 0 Å². The standard InChI is InChI=1S/C12H6F3NS/c13-12(14,15)9-3-1-2-8-10(9)16-6-7-4-5-17-11(7)8/h1-6H. The van der Waals surface area contributed by atoms with Gasteiger partial charge in [-0.2, -0.15) is 13.2 Å². The molecule has 0 saturated carbocycles. The Kier molecular flexibility index (Phi) is 2.13. The van der Waals surface area contributed by atoms with Crippen LogP contribution >= 0.6 is 11.3 Å². The van der Waals surface area contributed by atoms with Crippen molar-refractivity contribution in [1.29, 1.82) is 0 Å². The fourth-order valence-corrected chi connectivity index (χ4v) is 2.77. The second kappa shape index (κ2) is 3.43. The van der Waals surface area contributed by atoms with Crippen molar-refractivity contribution in [2.24, 2.45) is 0 Å². The molecule has 86 valence electrons. The van der Waals surface area contributed by atoms with E-state index in [1.54, 1.807) is 6.07 Å². The van der Waals surface area contributed by atoms with Gasteiger partial charge in [0.05, 0.1) is 11.1 Å². The molecule has 0 aliphatic carbocycles. The third-order valence-electron chi connectivity index (χ3n) is 2.61. The van der Waals surface area contributed by atoms with Gasteiger partial charge in [-0.05, 0) is 17.5 Å². The summed E-state index contributed by atoms with van der Waals surface area (Å²) in [5.74, 6) is 0. The molecule has 0 aliphatic heterocycles. The summed E-state index contributed by atoms with van der Waals surface area (Å²) in [5.41, 5.74) is -0.653. The van der Waals surface area contributed by atoms with E-state index in [1.807, 2.05) is 11.4 Å². The Morgan fingerprint density at radius 1 is 1.12 bits per heavy atom. The van der Waals surface area contributed by atoms with Crippen LogP contribution in [-0.2, 0) is 6.18 Å². The van der Waals surface area contributed by atoms with Crippen LogP contribution in [0.25, 0.3) is 21.0 Å². The van der Waals surface area contributed by atoms with Crippen LogP contribution in [0.1, 0.15) is 5.56 Å². The summed E-state index contributed by atoms with van der Waals surface area (Å²) in [6, 6.07) is 6.02. The monoisotopic (exact) mass is 253 g/mol. The van der Waals surface area contributed by atoms with Crippen molar-refractivity contribution in [3.63, 3.8) is 0 Å². The van der Waals surface area contributed by atoms with Crippen LogP contribution in [0.5, 0.6) is 0 Å². The smallest absolute Gasteiger partial charge is 0.255 e. The van der Waals surface area contributed by atoms with E-state index in [1.165, 1.54) is 23.6 Å². The summed E-state index contributed by atoms with van der Waals surface area (Å²) >= 11 is 1.43. The van der Waals surface area contributed by atoms with Gasteiger partial charge in [0.1, 0.15) is 0 Å². The number of hydrogen-bond donors (Lipinski definition) is 0. The number of aromatic nitrogens is 1. The first-order valence-electron chi connectivity index (χ1n) is 4.89. The molecule has 0 unspecified atom stereocenters. The lowest BCUT2D eigenvalue weighted by Gasteiger charge is -2.09. The number of thiophene rings is 1. The highest BCUT2D eigenvalue weighted by molar-refractivity contribution is 7.18. The highest BCUT2D eigenvalue weighted by Gasteiger charge is 2.33. The largest absolute Gasteiger partial charge is 0.418 e. The molecule has 2 heterocycles. The van der Waals surface area contributed by atoms with E-state index >= 15 is 0 Å². The van der Waals surface area contributed by atoms with Gasteiger partial charge in [-0.25, -0.2) is 0 Å². The Bertz CT molecular complexity index is 700. The van der Waals surface area contributed by atoms with Gasteiger partial charge in [0.15, 0.2) is 0 Å². The second-order valence-electron chi connectivity index (χ2n) is 3.66. The van der Waals surface area contributed by atoms with Crippen LogP contribution in [0.4, 0.5) is 13.2 Å². The molecule has 0 saturated heterocycles. The molecule has 3 rings (SSSR count). The normalized spacial score (nSPS) is 12.4. The van der Waals surface area contributed by atoms with E-state index in [-0.39, 0.29) is 5.52 Å². The van der Waals surface area contributed by atoms with Crippen LogP contribution in [0.3, 0.4) is 0 Å². The molecular formula is C12H6F3NS. The number of hydrogen-bond acceptors (Lipinski definition) is 2. The molecule has 0 fully saturated rings. The summed E-state index contributed by atoms with van der Waals surface area (Å²) in [4.78, 5) is 3.93. The first-order valence-corrected chi connectivity index (χ1v) is 5.77. The molecule has 1 aromatic carbocycles. The molecule has 2 aromatic heterocycles. The molecule has 1 nitrogen and oxygen atoms in total. The molecule has 5 heteroatoms. The summed E-state index contributed by atoms with van der Waals surface area (Å²) in [6.45, 7) is 0. The van der Waals surface area contributed by atoms with Crippen molar-refractivity contribution < 1.29 is 13.2 Å². The highest BCUT2D eigenvalue weighted by atomic mass is 32.1. The number of rotatable bonds is 0. The molecule has 0 atom stereocenters. The predicted molar refractivity (Wildman–Crippen MR) is 62.1 cm³/mol. The lowest BCUT2D eigenvalue weighted by Crippen LogP contribution is -2.06. The number of halogens is 3. The number of benzene rings is 1. The number of fused-ring (bicyclic) bond motifs is 3. The molecule has 0 amide bonds. The molecular weight excluding hydrogens is 247 g/mol. The summed E-state index contributed by atoms with van der Waals surface area (Å²) in [5, 5.41) is 3.29. The number of alkyl halides is 3. The molecule has 17 heavy (non-hydrogen) atoms. The van der Waals surface area contributed by atoms with Crippen LogP contribution in [0.15, 0.2) is 35.8 Å². The fourth-order valence-electron chi connectivity index (χ4n) is 1.87. The van der Waals surface area contributed by atoms with Gasteiger partial charge in [0.2, 0.25) is 0 Å². The molecule has 0 aliphatic rings. The van der Waals surface area contributed by atoms with E-state index in [4.69, 9.17) is 0 Å². The number of para-hydroxylation sites is 1. The maximum absolute atomic E-state index is 12.8. The molecule has 0 N–H and O–H groups in total. The van der Waals surface area contributed by atoms with Crippen LogP contribution in [-0.4, -0.2) is 4.98 Å². The third-order valence-corrected chi connectivity index (χ3v) is 3.58. The first kappa shape index (κ1) is 10.5. The Hall–Kier alpha value is -1.62. The van der Waals surface area contributed by atoms with E-state index in [0.717, 1.165) is 16.2 Å². The Morgan fingerprint density at radius 3 is 2.71 bits per heavy atom. The Labute approximate surface area is 98.5 Å². The Balaban J connectivity index is 2.48. The van der Waals surface area contributed by atoms with Crippen LogP contribution in [0.2, 0.25) is 0 Å². The zero-order chi connectivity index (χ0) is 12.0. The minimum atomic E-state index is -4.36. The zero-order valence-corrected chi connectivity index (χ0v) is 9.27. The first-order chi connectivity index (χ1) is 8.07. The molecule has 0 bridgehead atoms. The lowest BCUT2D eigenvalue weighted by atomic mass is 10.1. The van der Waals surface area contributed by atoms with Crippen LogP contribution in [0, 0.1) is 0 Å². The van der Waals surface area contributed by atoms with Gasteiger partial charge >= 0.3 is 6.18 Å². The summed E-state index contributed by atoms with van der Waals surface area (Å²) < 4.78 is 39.3. The SMILES string of the molecule is FC(F)(F)c1cccc2c1ncc1ccsc12. The predicted octanol–water partition coefficient (Wildman–Crippen LogP) is 4.47. The third kappa shape index (κ3) is 1.58. The van der Waals surface area contributed by atoms with Gasteiger partial charge < -0.3 is 0 Å². The Morgan fingerprint density at radius 2 is 1.94 bits per heavy atom. The van der Waals surface area contributed by atoms with Crippen molar-refractivity contribution >= 4 is 32.3 Å². The maximum atomic E-state index is 12.8. The highest BCUT2D eigenvalue weighted by Crippen LogP contribution is 2.36. The van der Waals surface area contributed by atoms with Crippen molar-refractivity contribution in [1.82, 2.24) is 4.98 Å². The molecule has 3 aromatic rings. The quantitative estimate of drug-likeness (QED) is 0.576. The number of pyridine rings is 1. The zero-order valence-electron chi connectivity index (χ0n) is 8.45. The minimum Gasteiger partial charge on any atom is -0.255 e. The average Bonchev–Trinajstić information content (AvgIpc) is 2.75. The minimum absolute atomic E-state index is 0.0231. The van der Waals surface area contributed by atoms with Gasteiger partial charge in [0.25, 0.3) is 0 Å². The fraction of sp³-hybridized carbons (Fsp3) is 0.0833. The summed E-state index contributed by atoms with van der Waals surface area (Å²) in [7, 11) is 0. The van der Waals surface area contributed by atoms with E-state index in [2.05, 4.69) is 4.98 Å². The molecule has 0 spiro atoms. The van der Waals surface area contributed by atoms with E-state index < -0.39 is 11.7 Å². The maximum Gasteiger partial charge on any atom is 0.418 e. The van der Waals surface area contributed by atoms with Crippen LogP contribution < -0.4 is 0 Å². The van der Waals surface area contributed by atoms with Gasteiger partial charge in [-0.3, -0.25) is 4.98 Å². The van der Waals surface area contributed by atoms with Gasteiger partial charge in [0, 0.05) is 21.7 Å². The second-order valence-corrected chi connectivity index (χ2v) is 4.58. The van der Waals surface area contributed by atoms with E-state index in [0.29, 0.717) is 5.39 Å². The average molecular weight is 253 g/mol.